The Morgan fingerprint density at radius 2 is 2.27 bits per heavy atom. The Morgan fingerprint density at radius 3 is 2.93 bits per heavy atom. The molecule has 1 aromatic carbocycles. The molecule has 15 heavy (non-hydrogen) atoms. The van der Waals surface area contributed by atoms with E-state index < -0.39 is 0 Å². The average Bonchev–Trinajstić information content (AvgIpc) is 2.29. The van der Waals surface area contributed by atoms with Crippen LogP contribution >= 0.6 is 0 Å². The topological polar surface area (TPSA) is 21.3 Å². The SMILES string of the molecule is C/C=C/CN[C@H](C)c1cccc(OC)c1. The summed E-state index contributed by atoms with van der Waals surface area (Å²) >= 11 is 0. The van der Waals surface area contributed by atoms with Crippen molar-refractivity contribution in [3.05, 3.63) is 42.0 Å². The van der Waals surface area contributed by atoms with E-state index in [2.05, 4.69) is 30.4 Å². The number of methoxy groups -OCH3 is 1. The molecule has 0 saturated carbocycles. The van der Waals surface area contributed by atoms with Gasteiger partial charge < -0.3 is 10.1 Å². The summed E-state index contributed by atoms with van der Waals surface area (Å²) in [5.41, 5.74) is 1.25. The Labute approximate surface area is 92.0 Å². The van der Waals surface area contributed by atoms with Crippen molar-refractivity contribution in [3.8, 4) is 5.75 Å². The third-order valence-corrected chi connectivity index (χ3v) is 2.37. The third kappa shape index (κ3) is 3.76. The van der Waals surface area contributed by atoms with Gasteiger partial charge in [0.25, 0.3) is 0 Å². The minimum Gasteiger partial charge on any atom is -0.497 e. The van der Waals surface area contributed by atoms with E-state index in [9.17, 15) is 0 Å². The van der Waals surface area contributed by atoms with Crippen molar-refractivity contribution in [2.24, 2.45) is 0 Å². The minimum absolute atomic E-state index is 0.344. The first-order chi connectivity index (χ1) is 7.27. The summed E-state index contributed by atoms with van der Waals surface area (Å²) in [6.45, 7) is 5.07. The highest BCUT2D eigenvalue weighted by molar-refractivity contribution is 5.30. The standard InChI is InChI=1S/C13H19NO/c1-4-5-9-14-11(2)12-7-6-8-13(10-12)15-3/h4-8,10-11,14H,9H2,1-3H3/b5-4+/t11-/m1/s1. The van der Waals surface area contributed by atoms with Crippen molar-refractivity contribution in [2.75, 3.05) is 13.7 Å². The van der Waals surface area contributed by atoms with Crippen LogP contribution in [-0.2, 0) is 0 Å². The third-order valence-electron chi connectivity index (χ3n) is 2.37. The van der Waals surface area contributed by atoms with Crippen LogP contribution in [0.3, 0.4) is 0 Å². The Bertz CT molecular complexity index is 320. The number of nitrogens with one attached hydrogen (secondary N) is 1. The molecule has 0 bridgehead atoms. The lowest BCUT2D eigenvalue weighted by Gasteiger charge is -2.13. The van der Waals surface area contributed by atoms with Crippen molar-refractivity contribution in [3.63, 3.8) is 0 Å². The number of hydrogen-bond acceptors (Lipinski definition) is 2. The monoisotopic (exact) mass is 205 g/mol. The summed E-state index contributed by atoms with van der Waals surface area (Å²) < 4.78 is 5.19. The summed E-state index contributed by atoms with van der Waals surface area (Å²) in [4.78, 5) is 0. The number of rotatable bonds is 5. The van der Waals surface area contributed by atoms with Crippen LogP contribution in [0, 0.1) is 0 Å². The van der Waals surface area contributed by atoms with Gasteiger partial charge in [-0.25, -0.2) is 0 Å². The van der Waals surface area contributed by atoms with Gasteiger partial charge in [-0.2, -0.15) is 0 Å². The summed E-state index contributed by atoms with van der Waals surface area (Å²) in [5.74, 6) is 0.909. The second-order valence-electron chi connectivity index (χ2n) is 3.48. The molecule has 1 aromatic rings. The number of hydrogen-bond donors (Lipinski definition) is 1. The molecule has 2 heteroatoms. The Morgan fingerprint density at radius 1 is 1.47 bits per heavy atom. The molecule has 0 fully saturated rings. The maximum atomic E-state index is 5.19. The van der Waals surface area contributed by atoms with E-state index in [0.717, 1.165) is 12.3 Å². The normalized spacial score (nSPS) is 13.0. The van der Waals surface area contributed by atoms with Crippen LogP contribution in [0.4, 0.5) is 0 Å². The highest BCUT2D eigenvalue weighted by Crippen LogP contribution is 2.18. The Kier molecular flexibility index (Phi) is 4.91. The van der Waals surface area contributed by atoms with Gasteiger partial charge in [0.2, 0.25) is 0 Å². The van der Waals surface area contributed by atoms with Gasteiger partial charge in [0.1, 0.15) is 5.75 Å². The fourth-order valence-electron chi connectivity index (χ4n) is 1.39. The molecule has 82 valence electrons. The molecule has 1 N–H and O–H groups in total. The predicted octanol–water partition coefficient (Wildman–Crippen LogP) is 2.92. The second-order valence-corrected chi connectivity index (χ2v) is 3.48. The molecule has 0 unspecified atom stereocenters. The summed E-state index contributed by atoms with van der Waals surface area (Å²) in [6.07, 6.45) is 4.15. The molecule has 1 rings (SSSR count). The van der Waals surface area contributed by atoms with E-state index in [0.29, 0.717) is 6.04 Å². The number of allylic oxidation sites excluding steroid dienone is 1. The Balaban J connectivity index is 2.60. The van der Waals surface area contributed by atoms with Gasteiger partial charge >= 0.3 is 0 Å². The first kappa shape index (κ1) is 11.8. The number of ether oxygens (including phenoxy) is 1. The molecule has 0 spiro atoms. The van der Waals surface area contributed by atoms with Crippen LogP contribution in [0.15, 0.2) is 36.4 Å². The van der Waals surface area contributed by atoms with Crippen LogP contribution in [0.5, 0.6) is 5.75 Å². The highest BCUT2D eigenvalue weighted by Gasteiger charge is 2.03. The molecule has 0 amide bonds. The van der Waals surface area contributed by atoms with Crippen molar-refractivity contribution in [2.45, 2.75) is 19.9 Å². The van der Waals surface area contributed by atoms with Crippen LogP contribution in [-0.4, -0.2) is 13.7 Å². The fourth-order valence-corrected chi connectivity index (χ4v) is 1.39. The van der Waals surface area contributed by atoms with Crippen LogP contribution in [0.2, 0.25) is 0 Å². The lowest BCUT2D eigenvalue weighted by atomic mass is 10.1. The maximum absolute atomic E-state index is 5.19. The maximum Gasteiger partial charge on any atom is 0.119 e. The zero-order chi connectivity index (χ0) is 11.1. The fraction of sp³-hybridized carbons (Fsp3) is 0.385. The first-order valence-electron chi connectivity index (χ1n) is 5.26. The molecule has 0 aliphatic carbocycles. The number of benzene rings is 1. The van der Waals surface area contributed by atoms with Gasteiger partial charge in [0, 0.05) is 12.6 Å². The largest absolute Gasteiger partial charge is 0.497 e. The zero-order valence-corrected chi connectivity index (χ0v) is 9.66. The molecule has 1 atom stereocenters. The first-order valence-corrected chi connectivity index (χ1v) is 5.26. The van der Waals surface area contributed by atoms with E-state index in [1.165, 1.54) is 5.56 Å². The quantitative estimate of drug-likeness (QED) is 0.746. The second kappa shape index (κ2) is 6.25. The van der Waals surface area contributed by atoms with Crippen LogP contribution < -0.4 is 10.1 Å². The lowest BCUT2D eigenvalue weighted by Crippen LogP contribution is -2.18. The molecule has 0 aliphatic rings. The van der Waals surface area contributed by atoms with Crippen LogP contribution in [0.1, 0.15) is 25.5 Å². The highest BCUT2D eigenvalue weighted by atomic mass is 16.5. The van der Waals surface area contributed by atoms with Crippen molar-refractivity contribution in [1.29, 1.82) is 0 Å². The summed E-state index contributed by atoms with van der Waals surface area (Å²) in [6, 6.07) is 8.49. The van der Waals surface area contributed by atoms with E-state index >= 15 is 0 Å². The minimum atomic E-state index is 0.344. The van der Waals surface area contributed by atoms with Crippen LogP contribution in [0.25, 0.3) is 0 Å². The molecule has 0 heterocycles. The van der Waals surface area contributed by atoms with E-state index in [1.54, 1.807) is 7.11 Å². The summed E-state index contributed by atoms with van der Waals surface area (Å²) in [5, 5.41) is 3.41. The molecule has 0 radical (unpaired) electrons. The van der Waals surface area contributed by atoms with E-state index in [-0.39, 0.29) is 0 Å². The molecule has 0 saturated heterocycles. The summed E-state index contributed by atoms with van der Waals surface area (Å²) in [7, 11) is 1.69. The predicted molar refractivity (Wildman–Crippen MR) is 64.2 cm³/mol. The van der Waals surface area contributed by atoms with Crippen molar-refractivity contribution < 1.29 is 4.74 Å². The van der Waals surface area contributed by atoms with Gasteiger partial charge in [0.05, 0.1) is 7.11 Å². The van der Waals surface area contributed by atoms with E-state index in [1.807, 2.05) is 25.1 Å². The Hall–Kier alpha value is -1.28. The zero-order valence-electron chi connectivity index (χ0n) is 9.66. The van der Waals surface area contributed by atoms with E-state index in [4.69, 9.17) is 4.74 Å². The van der Waals surface area contributed by atoms with Crippen molar-refractivity contribution >= 4 is 0 Å². The molecule has 0 aromatic heterocycles. The van der Waals surface area contributed by atoms with Gasteiger partial charge in [-0.05, 0) is 31.5 Å². The molecular weight excluding hydrogens is 186 g/mol. The molecule has 0 aliphatic heterocycles. The molecular formula is C13H19NO. The van der Waals surface area contributed by atoms with Gasteiger partial charge in [-0.1, -0.05) is 24.3 Å². The molecule has 2 nitrogen and oxygen atoms in total. The van der Waals surface area contributed by atoms with Gasteiger partial charge in [0.15, 0.2) is 0 Å². The average molecular weight is 205 g/mol. The van der Waals surface area contributed by atoms with Crippen molar-refractivity contribution in [1.82, 2.24) is 5.32 Å². The van der Waals surface area contributed by atoms with Gasteiger partial charge in [-0.15, -0.1) is 0 Å². The lowest BCUT2D eigenvalue weighted by molar-refractivity contribution is 0.413. The smallest absolute Gasteiger partial charge is 0.119 e. The van der Waals surface area contributed by atoms with Gasteiger partial charge in [-0.3, -0.25) is 0 Å².